The molecule has 0 saturated carbocycles. The fourth-order valence-corrected chi connectivity index (χ4v) is 4.36. The Morgan fingerprint density at radius 1 is 1.05 bits per heavy atom. The number of fused-ring (bicyclic) bond motifs is 2. The van der Waals surface area contributed by atoms with Crippen molar-refractivity contribution in [3.8, 4) is 17.2 Å². The van der Waals surface area contributed by atoms with Crippen LogP contribution in [0.4, 0.5) is 4.39 Å². The molecule has 0 saturated heterocycles. The van der Waals surface area contributed by atoms with Crippen molar-refractivity contribution in [3.63, 3.8) is 0 Å². The third-order valence-electron chi connectivity index (χ3n) is 3.31. The van der Waals surface area contributed by atoms with Crippen LogP contribution >= 0.6 is 0 Å². The molecule has 106 valence electrons. The van der Waals surface area contributed by atoms with E-state index in [0.29, 0.717) is 30.1 Å². The fraction of sp³-hybridized carbons (Fsp3) is 0.133. The van der Waals surface area contributed by atoms with E-state index in [9.17, 15) is 9.18 Å². The first-order valence-corrected chi connectivity index (χ1v) is 8.06. The van der Waals surface area contributed by atoms with Gasteiger partial charge in [-0.3, -0.25) is 0 Å². The van der Waals surface area contributed by atoms with Crippen molar-refractivity contribution in [1.82, 2.24) is 3.56 Å². The molecule has 0 aliphatic carbocycles. The molecule has 2 aromatic carbocycles. The van der Waals surface area contributed by atoms with Crippen molar-refractivity contribution in [2.45, 2.75) is 0 Å². The SMILES string of the molecule is O=c1c2cc(F)ccc2[se]n1-c1ccc2c(c1)OCCO2. The summed E-state index contributed by atoms with van der Waals surface area (Å²) in [6.45, 7) is 1.03. The number of benzene rings is 2. The van der Waals surface area contributed by atoms with E-state index in [-0.39, 0.29) is 26.1 Å². The third-order valence-corrected chi connectivity index (χ3v) is 5.64. The van der Waals surface area contributed by atoms with Crippen LogP contribution in [-0.2, 0) is 0 Å². The first kappa shape index (κ1) is 12.7. The first-order chi connectivity index (χ1) is 10.2. The molecule has 0 unspecified atom stereocenters. The van der Waals surface area contributed by atoms with Crippen LogP contribution in [0.5, 0.6) is 11.5 Å². The summed E-state index contributed by atoms with van der Waals surface area (Å²) in [5.74, 6) is 0.944. The molecule has 3 aromatic rings. The molecular formula is C15H10FNO3Se. The summed E-state index contributed by atoms with van der Waals surface area (Å²) in [5.41, 5.74) is 0.585. The van der Waals surface area contributed by atoms with Gasteiger partial charge in [-0.15, -0.1) is 0 Å². The minimum absolute atomic E-state index is 0.166. The Labute approximate surface area is 125 Å². The average Bonchev–Trinajstić information content (AvgIpc) is 2.84. The van der Waals surface area contributed by atoms with E-state index in [0.717, 1.165) is 9.95 Å². The van der Waals surface area contributed by atoms with Crippen LogP contribution in [0.15, 0.2) is 41.2 Å². The predicted octanol–water partition coefficient (Wildman–Crippen LogP) is 1.96. The van der Waals surface area contributed by atoms with Gasteiger partial charge in [0.2, 0.25) is 0 Å². The van der Waals surface area contributed by atoms with Gasteiger partial charge < -0.3 is 0 Å². The van der Waals surface area contributed by atoms with E-state index in [1.807, 2.05) is 6.07 Å². The monoisotopic (exact) mass is 351 g/mol. The molecule has 0 fully saturated rings. The molecule has 0 amide bonds. The van der Waals surface area contributed by atoms with Gasteiger partial charge in [0.1, 0.15) is 0 Å². The molecule has 4 nitrogen and oxygen atoms in total. The van der Waals surface area contributed by atoms with Gasteiger partial charge in [-0.2, -0.15) is 0 Å². The van der Waals surface area contributed by atoms with Gasteiger partial charge in [-0.05, 0) is 0 Å². The Morgan fingerprint density at radius 2 is 1.86 bits per heavy atom. The Balaban J connectivity index is 1.90. The van der Waals surface area contributed by atoms with E-state index in [1.54, 1.807) is 21.8 Å². The molecule has 1 aliphatic rings. The number of rotatable bonds is 1. The molecule has 1 aliphatic heterocycles. The van der Waals surface area contributed by atoms with Crippen molar-refractivity contribution in [2.75, 3.05) is 13.2 Å². The summed E-state index contributed by atoms with van der Waals surface area (Å²) in [6, 6.07) is 9.81. The number of ether oxygens (including phenoxy) is 2. The maximum absolute atomic E-state index is 13.3. The normalized spacial score (nSPS) is 13.6. The van der Waals surface area contributed by atoms with Crippen molar-refractivity contribution in [1.29, 1.82) is 0 Å². The second kappa shape index (κ2) is 4.76. The fourth-order valence-electron chi connectivity index (χ4n) is 2.33. The number of nitrogens with zero attached hydrogens (tertiary/aromatic N) is 1. The summed E-state index contributed by atoms with van der Waals surface area (Å²) in [7, 11) is 0. The molecule has 2 heterocycles. The molecule has 0 N–H and O–H groups in total. The standard InChI is InChI=1S/C15H10FNO3Se/c16-9-1-4-14-11(7-9)15(18)17(21-14)10-2-3-12-13(8-10)20-6-5-19-12/h1-4,7-8H,5-6H2. The van der Waals surface area contributed by atoms with E-state index < -0.39 is 0 Å². The van der Waals surface area contributed by atoms with Crippen LogP contribution in [0.1, 0.15) is 0 Å². The Morgan fingerprint density at radius 3 is 2.71 bits per heavy atom. The van der Waals surface area contributed by atoms with Crippen LogP contribution in [-0.4, -0.2) is 31.5 Å². The molecule has 21 heavy (non-hydrogen) atoms. The zero-order chi connectivity index (χ0) is 14.4. The summed E-state index contributed by atoms with van der Waals surface area (Å²) >= 11 is -0.191. The second-order valence-electron chi connectivity index (χ2n) is 4.66. The number of aromatic nitrogens is 1. The van der Waals surface area contributed by atoms with Crippen LogP contribution in [0.3, 0.4) is 0 Å². The quantitative estimate of drug-likeness (QED) is 0.630. The maximum atomic E-state index is 13.3. The molecule has 0 bridgehead atoms. The molecule has 4 rings (SSSR count). The number of hydrogen-bond donors (Lipinski definition) is 0. The zero-order valence-electron chi connectivity index (χ0n) is 10.8. The van der Waals surface area contributed by atoms with Crippen LogP contribution in [0.2, 0.25) is 0 Å². The van der Waals surface area contributed by atoms with E-state index in [1.165, 1.54) is 12.1 Å². The molecular weight excluding hydrogens is 340 g/mol. The van der Waals surface area contributed by atoms with E-state index in [2.05, 4.69) is 0 Å². The van der Waals surface area contributed by atoms with Gasteiger partial charge in [-0.25, -0.2) is 0 Å². The number of hydrogen-bond acceptors (Lipinski definition) is 3. The molecule has 1 aromatic heterocycles. The van der Waals surface area contributed by atoms with Crippen molar-refractivity contribution >= 4 is 24.4 Å². The topological polar surface area (TPSA) is 40.5 Å². The summed E-state index contributed by atoms with van der Waals surface area (Å²) < 4.78 is 26.9. The van der Waals surface area contributed by atoms with Crippen molar-refractivity contribution in [3.05, 3.63) is 52.6 Å². The van der Waals surface area contributed by atoms with Gasteiger partial charge in [0.15, 0.2) is 0 Å². The Hall–Kier alpha value is -2.04. The van der Waals surface area contributed by atoms with Crippen molar-refractivity contribution in [2.24, 2.45) is 0 Å². The van der Waals surface area contributed by atoms with Gasteiger partial charge in [0.25, 0.3) is 0 Å². The summed E-state index contributed by atoms with van der Waals surface area (Å²) in [4.78, 5) is 12.4. The molecule has 0 spiro atoms. The molecule has 6 heteroatoms. The van der Waals surface area contributed by atoms with E-state index in [4.69, 9.17) is 9.47 Å². The predicted molar refractivity (Wildman–Crippen MR) is 77.4 cm³/mol. The van der Waals surface area contributed by atoms with Gasteiger partial charge in [-0.1, -0.05) is 0 Å². The van der Waals surface area contributed by atoms with Gasteiger partial charge in [0.05, 0.1) is 0 Å². The molecule has 0 radical (unpaired) electrons. The van der Waals surface area contributed by atoms with Gasteiger partial charge >= 0.3 is 125 Å². The van der Waals surface area contributed by atoms with Crippen LogP contribution < -0.4 is 15.0 Å². The third kappa shape index (κ3) is 2.07. The van der Waals surface area contributed by atoms with Crippen molar-refractivity contribution < 1.29 is 13.9 Å². The van der Waals surface area contributed by atoms with Gasteiger partial charge in [0, 0.05) is 0 Å². The van der Waals surface area contributed by atoms with Crippen LogP contribution in [0, 0.1) is 5.82 Å². The average molecular weight is 350 g/mol. The second-order valence-corrected chi connectivity index (χ2v) is 6.73. The first-order valence-electron chi connectivity index (χ1n) is 6.44. The minimum atomic E-state index is -0.387. The van der Waals surface area contributed by atoms with E-state index >= 15 is 0 Å². The summed E-state index contributed by atoms with van der Waals surface area (Å²) in [6.07, 6.45) is 0. The zero-order valence-corrected chi connectivity index (χ0v) is 12.5. The summed E-state index contributed by atoms with van der Waals surface area (Å²) in [5, 5.41) is 0.449. The Kier molecular flexibility index (Phi) is 2.87. The number of halogens is 1. The Bertz CT molecular complexity index is 900. The van der Waals surface area contributed by atoms with Crippen LogP contribution in [0.25, 0.3) is 15.3 Å². The molecule has 0 atom stereocenters.